The summed E-state index contributed by atoms with van der Waals surface area (Å²) < 4.78 is 0. The quantitative estimate of drug-likeness (QED) is 0.814. The Balaban J connectivity index is 2.00. The van der Waals surface area contributed by atoms with E-state index in [1.165, 1.54) is 5.46 Å². The Bertz CT molecular complexity index is 519. The van der Waals surface area contributed by atoms with Crippen molar-refractivity contribution < 1.29 is 10.2 Å². The summed E-state index contributed by atoms with van der Waals surface area (Å²) in [6.45, 7) is 6.76. The lowest BCUT2D eigenvalue weighted by atomic mass is 9.48. The molecule has 0 amide bonds. The number of aliphatic hydroxyl groups excluding tert-OH is 2. The Labute approximate surface area is 128 Å². The first-order valence-corrected chi connectivity index (χ1v) is 7.67. The molecule has 0 saturated heterocycles. The van der Waals surface area contributed by atoms with Crippen molar-refractivity contribution in [3.63, 3.8) is 0 Å². The molecule has 1 aromatic carbocycles. The van der Waals surface area contributed by atoms with Gasteiger partial charge in [0.1, 0.15) is 12.2 Å². The van der Waals surface area contributed by atoms with Gasteiger partial charge >= 0.3 is 0 Å². The van der Waals surface area contributed by atoms with E-state index in [4.69, 9.17) is 0 Å². The molecule has 0 aromatic heterocycles. The smallest absolute Gasteiger partial charge is 0.163 e. The summed E-state index contributed by atoms with van der Waals surface area (Å²) >= 11 is 0. The molecule has 3 unspecified atom stereocenters. The van der Waals surface area contributed by atoms with Gasteiger partial charge in [-0.05, 0) is 24.0 Å². The Hall–Kier alpha value is -1.32. The summed E-state index contributed by atoms with van der Waals surface area (Å²) in [4.78, 5) is 0. The third-order valence-corrected chi connectivity index (χ3v) is 4.15. The highest BCUT2D eigenvalue weighted by molar-refractivity contribution is 6.56. The van der Waals surface area contributed by atoms with Gasteiger partial charge in [-0.25, -0.2) is 0 Å². The third kappa shape index (κ3) is 4.58. The normalized spacial score (nSPS) is 23.6. The standard InChI is InChI=1S/C18H25BO2/c1-13(14-9-10-16(20)17(21)11-14)12-18(2,3)19-15-7-5-4-6-8-15/h4-11,13,16-17,19-21H,12H2,1-3H3. The van der Waals surface area contributed by atoms with Gasteiger partial charge in [0.15, 0.2) is 7.28 Å². The molecule has 1 aromatic rings. The lowest BCUT2D eigenvalue weighted by Gasteiger charge is -2.29. The summed E-state index contributed by atoms with van der Waals surface area (Å²) in [5, 5.41) is 19.5. The second-order valence-corrected chi connectivity index (χ2v) is 6.94. The molecule has 0 bridgehead atoms. The lowest BCUT2D eigenvalue weighted by Crippen LogP contribution is -2.28. The number of hydrogen-bond donors (Lipinski definition) is 2. The molecular formula is C18H25BO2. The van der Waals surface area contributed by atoms with Crippen LogP contribution in [0.15, 0.2) is 54.1 Å². The summed E-state index contributed by atoms with van der Waals surface area (Å²) in [5.41, 5.74) is 2.48. The van der Waals surface area contributed by atoms with Crippen molar-refractivity contribution in [2.75, 3.05) is 0 Å². The molecule has 0 spiro atoms. The van der Waals surface area contributed by atoms with Gasteiger partial charge in [0.25, 0.3) is 0 Å². The zero-order valence-corrected chi connectivity index (χ0v) is 13.2. The Morgan fingerprint density at radius 2 is 1.81 bits per heavy atom. The molecular weight excluding hydrogens is 259 g/mol. The minimum absolute atomic E-state index is 0.191. The molecule has 2 N–H and O–H groups in total. The van der Waals surface area contributed by atoms with E-state index in [1.807, 2.05) is 12.1 Å². The van der Waals surface area contributed by atoms with E-state index in [-0.39, 0.29) is 5.31 Å². The van der Waals surface area contributed by atoms with Crippen molar-refractivity contribution in [1.82, 2.24) is 0 Å². The van der Waals surface area contributed by atoms with Crippen LogP contribution in [-0.4, -0.2) is 29.7 Å². The Morgan fingerprint density at radius 1 is 1.14 bits per heavy atom. The van der Waals surface area contributed by atoms with Crippen molar-refractivity contribution in [3.8, 4) is 0 Å². The number of benzene rings is 1. The van der Waals surface area contributed by atoms with Gasteiger partial charge in [0.05, 0.1) is 0 Å². The molecule has 3 heteroatoms. The first-order chi connectivity index (χ1) is 9.87. The van der Waals surface area contributed by atoms with Crippen molar-refractivity contribution >= 4 is 12.7 Å². The van der Waals surface area contributed by atoms with Gasteiger partial charge in [-0.2, -0.15) is 0 Å². The van der Waals surface area contributed by atoms with E-state index in [0.717, 1.165) is 19.3 Å². The molecule has 1 aliphatic carbocycles. The van der Waals surface area contributed by atoms with Gasteiger partial charge in [0, 0.05) is 0 Å². The SMILES string of the molecule is CC(CC(C)(C)Bc1ccccc1)C1=CC(O)C(O)C=C1. The van der Waals surface area contributed by atoms with Crippen molar-refractivity contribution in [2.45, 2.75) is 44.7 Å². The Morgan fingerprint density at radius 3 is 2.43 bits per heavy atom. The van der Waals surface area contributed by atoms with Crippen LogP contribution >= 0.6 is 0 Å². The number of allylic oxidation sites excluding steroid dienone is 2. The van der Waals surface area contributed by atoms with E-state index >= 15 is 0 Å². The zero-order chi connectivity index (χ0) is 15.5. The summed E-state index contributed by atoms with van der Waals surface area (Å²) in [7, 11) is 1.04. The molecule has 0 heterocycles. The van der Waals surface area contributed by atoms with Crippen LogP contribution < -0.4 is 5.46 Å². The van der Waals surface area contributed by atoms with E-state index in [9.17, 15) is 10.2 Å². The predicted octanol–water partition coefficient (Wildman–Crippen LogP) is 2.19. The van der Waals surface area contributed by atoms with Crippen LogP contribution in [0.4, 0.5) is 0 Å². The van der Waals surface area contributed by atoms with Crippen LogP contribution in [0.25, 0.3) is 0 Å². The van der Waals surface area contributed by atoms with Crippen LogP contribution in [0, 0.1) is 5.92 Å². The molecule has 0 fully saturated rings. The summed E-state index contributed by atoms with van der Waals surface area (Å²) in [5.74, 6) is 0.363. The van der Waals surface area contributed by atoms with E-state index in [0.29, 0.717) is 5.92 Å². The fourth-order valence-electron chi connectivity index (χ4n) is 3.17. The van der Waals surface area contributed by atoms with Gasteiger partial charge in [-0.15, -0.1) is 0 Å². The van der Waals surface area contributed by atoms with Crippen LogP contribution in [0.3, 0.4) is 0 Å². The lowest BCUT2D eigenvalue weighted by molar-refractivity contribution is 0.0781. The van der Waals surface area contributed by atoms with Crippen molar-refractivity contribution in [2.24, 2.45) is 5.92 Å². The average Bonchev–Trinajstić information content (AvgIpc) is 2.41. The highest BCUT2D eigenvalue weighted by Gasteiger charge is 2.26. The number of rotatable bonds is 5. The highest BCUT2D eigenvalue weighted by Crippen LogP contribution is 2.35. The number of hydrogen-bond acceptors (Lipinski definition) is 2. The Kier molecular flexibility index (Phi) is 5.07. The maximum absolute atomic E-state index is 9.75. The third-order valence-electron chi connectivity index (χ3n) is 4.15. The fraction of sp³-hybridized carbons (Fsp3) is 0.444. The summed E-state index contributed by atoms with van der Waals surface area (Å²) in [6.07, 6.45) is 4.92. The minimum Gasteiger partial charge on any atom is -0.386 e. The minimum atomic E-state index is -0.773. The topological polar surface area (TPSA) is 40.5 Å². The molecule has 21 heavy (non-hydrogen) atoms. The molecule has 2 rings (SSSR count). The van der Waals surface area contributed by atoms with E-state index < -0.39 is 12.2 Å². The van der Waals surface area contributed by atoms with Gasteiger partial charge in [-0.3, -0.25) is 0 Å². The molecule has 0 radical (unpaired) electrons. The number of aliphatic hydroxyl groups is 2. The van der Waals surface area contributed by atoms with Crippen LogP contribution in [-0.2, 0) is 0 Å². The molecule has 112 valence electrons. The first-order valence-electron chi connectivity index (χ1n) is 7.67. The van der Waals surface area contributed by atoms with E-state index in [2.05, 4.69) is 45.0 Å². The maximum atomic E-state index is 9.75. The van der Waals surface area contributed by atoms with Crippen LogP contribution in [0.1, 0.15) is 27.2 Å². The van der Waals surface area contributed by atoms with Crippen molar-refractivity contribution in [3.05, 3.63) is 54.1 Å². The van der Waals surface area contributed by atoms with Gasteiger partial charge in [0.2, 0.25) is 0 Å². The van der Waals surface area contributed by atoms with Crippen molar-refractivity contribution in [1.29, 1.82) is 0 Å². The molecule has 0 saturated carbocycles. The van der Waals surface area contributed by atoms with Crippen LogP contribution in [0.2, 0.25) is 5.31 Å². The summed E-state index contributed by atoms with van der Waals surface area (Å²) in [6, 6.07) is 10.6. The van der Waals surface area contributed by atoms with Crippen LogP contribution in [0.5, 0.6) is 0 Å². The first kappa shape index (κ1) is 16.1. The second-order valence-electron chi connectivity index (χ2n) is 6.94. The maximum Gasteiger partial charge on any atom is 0.163 e. The van der Waals surface area contributed by atoms with E-state index in [1.54, 1.807) is 12.2 Å². The zero-order valence-electron chi connectivity index (χ0n) is 13.2. The molecule has 2 nitrogen and oxygen atoms in total. The fourth-order valence-corrected chi connectivity index (χ4v) is 3.17. The second kappa shape index (κ2) is 6.63. The largest absolute Gasteiger partial charge is 0.386 e. The monoisotopic (exact) mass is 284 g/mol. The molecule has 3 atom stereocenters. The molecule has 1 aliphatic rings. The molecule has 0 aliphatic heterocycles. The van der Waals surface area contributed by atoms with Gasteiger partial charge in [-0.1, -0.05) is 74.0 Å². The highest BCUT2D eigenvalue weighted by atomic mass is 16.3. The average molecular weight is 284 g/mol. The predicted molar refractivity (Wildman–Crippen MR) is 90.3 cm³/mol. The van der Waals surface area contributed by atoms with Gasteiger partial charge < -0.3 is 10.2 Å².